The van der Waals surface area contributed by atoms with E-state index in [1.54, 1.807) is 0 Å². The van der Waals surface area contributed by atoms with Crippen LogP contribution in [0, 0.1) is 0 Å². The van der Waals surface area contributed by atoms with Gasteiger partial charge in [-0.15, -0.1) is 0 Å². The second-order valence-electron chi connectivity index (χ2n) is 4.18. The summed E-state index contributed by atoms with van der Waals surface area (Å²) in [6, 6.07) is 0. The Balaban J connectivity index is 2.39. The van der Waals surface area contributed by atoms with E-state index in [0.29, 0.717) is 11.6 Å². The largest absolute Gasteiger partial charge is 0.351 e. The average Bonchev–Trinajstić information content (AvgIpc) is 2.38. The van der Waals surface area contributed by atoms with E-state index < -0.39 is 0 Å². The van der Waals surface area contributed by atoms with Crippen molar-refractivity contribution in [1.82, 2.24) is 10.2 Å². The fourth-order valence-corrected chi connectivity index (χ4v) is 2.44. The molecule has 0 saturated carbocycles. The maximum atomic E-state index is 12.2. The summed E-state index contributed by atoms with van der Waals surface area (Å²) in [6.07, 6.45) is 9.31. The van der Waals surface area contributed by atoms with E-state index in [9.17, 15) is 4.79 Å². The molecule has 0 bridgehead atoms. The van der Waals surface area contributed by atoms with Gasteiger partial charge < -0.3 is 10.2 Å². The van der Waals surface area contributed by atoms with Crippen LogP contribution < -0.4 is 5.32 Å². The van der Waals surface area contributed by atoms with E-state index in [2.05, 4.69) is 18.3 Å². The highest BCUT2D eigenvalue weighted by Crippen LogP contribution is 2.34. The molecular weight excluding hydrogens is 248 g/mol. The van der Waals surface area contributed by atoms with Crippen molar-refractivity contribution in [3.63, 3.8) is 0 Å². The second-order valence-corrected chi connectivity index (χ2v) is 4.59. The molecule has 0 aromatic rings. The van der Waals surface area contributed by atoms with Crippen LogP contribution in [0.4, 0.5) is 0 Å². The maximum Gasteiger partial charge on any atom is 0.268 e. The van der Waals surface area contributed by atoms with Gasteiger partial charge in [0.1, 0.15) is 5.70 Å². The number of carbonyl (C=O) groups is 1. The first-order chi connectivity index (χ1) is 8.69. The Bertz CT molecular complexity index is 486. The van der Waals surface area contributed by atoms with Crippen LogP contribution in [0.25, 0.3) is 0 Å². The van der Waals surface area contributed by atoms with Gasteiger partial charge in [-0.3, -0.25) is 4.79 Å². The van der Waals surface area contributed by atoms with Crippen LogP contribution in [-0.2, 0) is 4.79 Å². The zero-order valence-corrected chi connectivity index (χ0v) is 11.4. The van der Waals surface area contributed by atoms with Crippen molar-refractivity contribution in [3.8, 4) is 0 Å². The molecule has 96 valence electrons. The molecule has 2 aliphatic rings. The minimum absolute atomic E-state index is 0.0315. The lowest BCUT2D eigenvalue weighted by Crippen LogP contribution is -2.35. The van der Waals surface area contributed by atoms with E-state index in [1.807, 2.05) is 30.2 Å². The third kappa shape index (κ3) is 2.23. The van der Waals surface area contributed by atoms with Crippen LogP contribution in [0.1, 0.15) is 26.7 Å². The molecule has 1 N–H and O–H groups in total. The first kappa shape index (κ1) is 13.0. The molecule has 3 nitrogen and oxygen atoms in total. The number of nitrogens with one attached hydrogen (secondary N) is 1. The Morgan fingerprint density at radius 1 is 1.50 bits per heavy atom. The van der Waals surface area contributed by atoms with Crippen molar-refractivity contribution >= 4 is 17.5 Å². The highest BCUT2D eigenvalue weighted by molar-refractivity contribution is 6.32. The van der Waals surface area contributed by atoms with Crippen LogP contribution in [0.5, 0.6) is 0 Å². The van der Waals surface area contributed by atoms with Crippen molar-refractivity contribution < 1.29 is 4.79 Å². The summed E-state index contributed by atoms with van der Waals surface area (Å²) >= 11 is 6.17. The van der Waals surface area contributed by atoms with Crippen LogP contribution >= 0.6 is 11.6 Å². The van der Waals surface area contributed by atoms with E-state index in [1.165, 1.54) is 0 Å². The number of hydrogen-bond acceptors (Lipinski definition) is 2. The highest BCUT2D eigenvalue weighted by Gasteiger charge is 2.27. The highest BCUT2D eigenvalue weighted by atomic mass is 35.5. The van der Waals surface area contributed by atoms with Gasteiger partial charge in [-0.2, -0.15) is 0 Å². The fourth-order valence-electron chi connectivity index (χ4n) is 2.20. The maximum absolute atomic E-state index is 12.2. The molecular formula is C14H17ClN2O. The van der Waals surface area contributed by atoms with Crippen molar-refractivity contribution in [2.75, 3.05) is 6.54 Å². The molecule has 4 heteroatoms. The van der Waals surface area contributed by atoms with Gasteiger partial charge in [-0.25, -0.2) is 0 Å². The van der Waals surface area contributed by atoms with Gasteiger partial charge in [0.2, 0.25) is 0 Å². The first-order valence-electron chi connectivity index (χ1n) is 6.23. The normalized spacial score (nSPS) is 18.3. The van der Waals surface area contributed by atoms with Gasteiger partial charge in [0.05, 0.1) is 10.7 Å². The van der Waals surface area contributed by atoms with Crippen molar-refractivity contribution in [2.45, 2.75) is 26.7 Å². The monoisotopic (exact) mass is 264 g/mol. The number of amides is 1. The third-order valence-electron chi connectivity index (χ3n) is 3.08. The van der Waals surface area contributed by atoms with Crippen molar-refractivity contribution in [1.29, 1.82) is 0 Å². The summed E-state index contributed by atoms with van der Waals surface area (Å²) < 4.78 is 0. The van der Waals surface area contributed by atoms with Crippen LogP contribution in [-0.4, -0.2) is 17.4 Å². The molecule has 0 radical (unpaired) electrons. The topological polar surface area (TPSA) is 32.3 Å². The minimum Gasteiger partial charge on any atom is -0.351 e. The minimum atomic E-state index is -0.0315. The number of allylic oxidation sites excluding steroid dienone is 5. The Hall–Kier alpha value is -1.48. The summed E-state index contributed by atoms with van der Waals surface area (Å²) in [6.45, 7) is 4.61. The molecule has 1 amide bonds. The SMILES string of the molecule is CCNC(=O)C1=C(CC)CC=C2C(Cl)=CC=CN21. The molecule has 2 aliphatic heterocycles. The van der Waals surface area contributed by atoms with E-state index in [4.69, 9.17) is 11.6 Å². The Morgan fingerprint density at radius 2 is 2.28 bits per heavy atom. The van der Waals surface area contributed by atoms with Gasteiger partial charge in [0.15, 0.2) is 0 Å². The van der Waals surface area contributed by atoms with Gasteiger partial charge >= 0.3 is 0 Å². The predicted molar refractivity (Wildman–Crippen MR) is 73.6 cm³/mol. The second kappa shape index (κ2) is 5.44. The lowest BCUT2D eigenvalue weighted by atomic mass is 9.99. The number of halogens is 1. The van der Waals surface area contributed by atoms with E-state index >= 15 is 0 Å². The molecule has 2 heterocycles. The van der Waals surface area contributed by atoms with Crippen molar-refractivity contribution in [2.24, 2.45) is 0 Å². The summed E-state index contributed by atoms with van der Waals surface area (Å²) in [5.74, 6) is -0.0315. The quantitative estimate of drug-likeness (QED) is 0.850. The molecule has 0 unspecified atom stereocenters. The lowest BCUT2D eigenvalue weighted by Gasteiger charge is -2.32. The van der Waals surface area contributed by atoms with Gasteiger partial charge in [-0.1, -0.05) is 24.6 Å². The number of likely N-dealkylation sites (N-methyl/N-ethyl adjacent to an activating group) is 1. The smallest absolute Gasteiger partial charge is 0.268 e. The molecule has 0 saturated heterocycles. The number of rotatable bonds is 3. The molecule has 0 spiro atoms. The molecule has 0 aromatic carbocycles. The molecule has 0 atom stereocenters. The van der Waals surface area contributed by atoms with Crippen LogP contribution in [0.3, 0.4) is 0 Å². The molecule has 2 rings (SSSR count). The van der Waals surface area contributed by atoms with Gasteiger partial charge in [0.25, 0.3) is 5.91 Å². The van der Waals surface area contributed by atoms with E-state index in [0.717, 1.165) is 29.8 Å². The molecule has 0 aromatic heterocycles. The zero-order valence-electron chi connectivity index (χ0n) is 10.7. The summed E-state index contributed by atoms with van der Waals surface area (Å²) in [4.78, 5) is 14.1. The first-order valence-corrected chi connectivity index (χ1v) is 6.60. The third-order valence-corrected chi connectivity index (χ3v) is 3.40. The summed E-state index contributed by atoms with van der Waals surface area (Å²) in [5, 5.41) is 3.54. The number of carbonyl (C=O) groups excluding carboxylic acids is 1. The predicted octanol–water partition coefficient (Wildman–Crippen LogP) is 3.03. The van der Waals surface area contributed by atoms with Crippen LogP contribution in [0.15, 0.2) is 46.4 Å². The fraction of sp³-hybridized carbons (Fsp3) is 0.357. The Kier molecular flexibility index (Phi) is 3.92. The summed E-state index contributed by atoms with van der Waals surface area (Å²) in [5.41, 5.74) is 2.76. The molecule has 18 heavy (non-hydrogen) atoms. The van der Waals surface area contributed by atoms with Gasteiger partial charge in [-0.05, 0) is 37.5 Å². The van der Waals surface area contributed by atoms with Crippen LogP contribution in [0.2, 0.25) is 0 Å². The Labute approximate surface area is 112 Å². The van der Waals surface area contributed by atoms with E-state index in [-0.39, 0.29) is 5.91 Å². The number of hydrogen-bond donors (Lipinski definition) is 1. The Morgan fingerprint density at radius 3 is 2.94 bits per heavy atom. The average molecular weight is 265 g/mol. The molecule has 0 aliphatic carbocycles. The van der Waals surface area contributed by atoms with Gasteiger partial charge in [0, 0.05) is 12.7 Å². The zero-order chi connectivity index (χ0) is 13.1. The van der Waals surface area contributed by atoms with Crippen molar-refractivity contribution in [3.05, 3.63) is 46.4 Å². The standard InChI is InChI=1S/C14H17ClN2O/c1-3-10-7-8-12-11(15)6-5-9-17(12)13(10)14(18)16-4-2/h5-6,8-9H,3-4,7H2,1-2H3,(H,16,18). The number of fused-ring (bicyclic) bond motifs is 1. The summed E-state index contributed by atoms with van der Waals surface area (Å²) in [7, 11) is 0. The number of nitrogens with zero attached hydrogens (tertiary/aromatic N) is 1. The molecule has 0 fully saturated rings. The lowest BCUT2D eigenvalue weighted by molar-refractivity contribution is -0.118.